The number of aliphatic carboxylic acids is 1. The molecule has 0 radical (unpaired) electrons. The fourth-order valence-corrected chi connectivity index (χ4v) is 3.37. The summed E-state index contributed by atoms with van der Waals surface area (Å²) in [5.41, 5.74) is 0.243. The molecule has 2 fully saturated rings. The topological polar surface area (TPSA) is 57.6 Å². The summed E-state index contributed by atoms with van der Waals surface area (Å²) in [5.74, 6) is -3.49. The van der Waals surface area contributed by atoms with Gasteiger partial charge in [0.15, 0.2) is 11.6 Å². The number of carboxylic acids is 1. The minimum atomic E-state index is -0.923. The minimum Gasteiger partial charge on any atom is -0.481 e. The average molecular weight is 309 g/mol. The number of carbonyl (C=O) groups is 2. The largest absolute Gasteiger partial charge is 0.481 e. The lowest BCUT2D eigenvalue weighted by atomic mass is 10.1. The molecule has 22 heavy (non-hydrogen) atoms. The van der Waals surface area contributed by atoms with E-state index in [1.165, 1.54) is 12.1 Å². The van der Waals surface area contributed by atoms with E-state index in [1.807, 2.05) is 0 Å². The summed E-state index contributed by atoms with van der Waals surface area (Å²) in [5, 5.41) is 8.90. The van der Waals surface area contributed by atoms with Crippen LogP contribution in [0.15, 0.2) is 18.2 Å². The van der Waals surface area contributed by atoms with E-state index in [-0.39, 0.29) is 35.8 Å². The molecule has 4 nitrogen and oxygen atoms in total. The summed E-state index contributed by atoms with van der Waals surface area (Å²) in [4.78, 5) is 25.0. The molecule has 1 aliphatic heterocycles. The van der Waals surface area contributed by atoms with Crippen molar-refractivity contribution in [3.8, 4) is 0 Å². The van der Waals surface area contributed by atoms with Gasteiger partial charge in [-0.1, -0.05) is 12.1 Å². The zero-order valence-electron chi connectivity index (χ0n) is 12.0. The SMILES string of the molecule is O=C(O)CC1CCCN1C(=O)C1CC1c1cccc(F)c1F. The lowest BCUT2D eigenvalue weighted by Gasteiger charge is -2.23. The Balaban J connectivity index is 1.70. The Hall–Kier alpha value is -1.98. The van der Waals surface area contributed by atoms with Crippen LogP contribution in [0.3, 0.4) is 0 Å². The molecule has 1 aromatic rings. The number of hydrogen-bond acceptors (Lipinski definition) is 2. The molecule has 1 amide bonds. The van der Waals surface area contributed by atoms with E-state index >= 15 is 0 Å². The Morgan fingerprint density at radius 2 is 2.09 bits per heavy atom. The third kappa shape index (κ3) is 2.69. The van der Waals surface area contributed by atoms with Crippen molar-refractivity contribution in [2.45, 2.75) is 37.6 Å². The van der Waals surface area contributed by atoms with Crippen LogP contribution in [0.1, 0.15) is 37.2 Å². The van der Waals surface area contributed by atoms with Crippen molar-refractivity contribution < 1.29 is 23.5 Å². The van der Waals surface area contributed by atoms with Crippen LogP contribution >= 0.6 is 0 Å². The zero-order valence-corrected chi connectivity index (χ0v) is 12.0. The number of halogens is 2. The van der Waals surface area contributed by atoms with Crippen molar-refractivity contribution in [2.24, 2.45) is 5.92 Å². The van der Waals surface area contributed by atoms with Gasteiger partial charge in [-0.05, 0) is 36.8 Å². The molecule has 118 valence electrons. The molecule has 3 atom stereocenters. The predicted octanol–water partition coefficient (Wildman–Crippen LogP) is 2.53. The first-order valence-electron chi connectivity index (χ1n) is 7.45. The highest BCUT2D eigenvalue weighted by atomic mass is 19.2. The minimum absolute atomic E-state index is 0.0581. The molecular formula is C16H17F2NO3. The first kappa shape index (κ1) is 14.9. The average Bonchev–Trinajstić information content (AvgIpc) is 3.13. The molecule has 2 aliphatic rings. The lowest BCUT2D eigenvalue weighted by molar-refractivity contribution is -0.140. The molecular weight excluding hydrogens is 292 g/mol. The van der Waals surface area contributed by atoms with E-state index in [2.05, 4.69) is 0 Å². The smallest absolute Gasteiger partial charge is 0.305 e. The number of benzene rings is 1. The number of amides is 1. The second-order valence-corrected chi connectivity index (χ2v) is 6.02. The normalized spacial score (nSPS) is 27.0. The van der Waals surface area contributed by atoms with Crippen LogP contribution < -0.4 is 0 Å². The second-order valence-electron chi connectivity index (χ2n) is 6.02. The predicted molar refractivity (Wildman–Crippen MR) is 74.2 cm³/mol. The number of hydrogen-bond donors (Lipinski definition) is 1. The van der Waals surface area contributed by atoms with Crippen molar-refractivity contribution in [1.82, 2.24) is 4.90 Å². The summed E-state index contributed by atoms with van der Waals surface area (Å²) >= 11 is 0. The number of nitrogens with zero attached hydrogens (tertiary/aromatic N) is 1. The van der Waals surface area contributed by atoms with Gasteiger partial charge in [0.05, 0.1) is 6.42 Å². The molecule has 0 spiro atoms. The molecule has 3 unspecified atom stereocenters. The van der Waals surface area contributed by atoms with E-state index in [0.717, 1.165) is 12.5 Å². The van der Waals surface area contributed by atoms with E-state index < -0.39 is 17.6 Å². The van der Waals surface area contributed by atoms with E-state index in [4.69, 9.17) is 5.11 Å². The Kier molecular flexibility index (Phi) is 3.85. The third-order valence-electron chi connectivity index (χ3n) is 4.56. The Morgan fingerprint density at radius 1 is 1.32 bits per heavy atom. The molecule has 1 saturated heterocycles. The van der Waals surface area contributed by atoms with Gasteiger partial charge < -0.3 is 10.0 Å². The maximum atomic E-state index is 13.8. The summed E-state index contributed by atoms with van der Waals surface area (Å²) in [7, 11) is 0. The van der Waals surface area contributed by atoms with Gasteiger partial charge in [0.25, 0.3) is 0 Å². The molecule has 1 aliphatic carbocycles. The van der Waals surface area contributed by atoms with E-state index in [0.29, 0.717) is 19.4 Å². The van der Waals surface area contributed by atoms with Gasteiger partial charge in [-0.25, -0.2) is 8.78 Å². The molecule has 6 heteroatoms. The van der Waals surface area contributed by atoms with E-state index in [9.17, 15) is 18.4 Å². The van der Waals surface area contributed by atoms with Crippen LogP contribution in [0.4, 0.5) is 8.78 Å². The van der Waals surface area contributed by atoms with Crippen molar-refractivity contribution in [2.75, 3.05) is 6.54 Å². The van der Waals surface area contributed by atoms with Crippen molar-refractivity contribution in [3.63, 3.8) is 0 Å². The van der Waals surface area contributed by atoms with Crippen LogP contribution in [-0.2, 0) is 9.59 Å². The highest BCUT2D eigenvalue weighted by molar-refractivity contribution is 5.84. The highest BCUT2D eigenvalue weighted by Crippen LogP contribution is 2.50. The van der Waals surface area contributed by atoms with Crippen LogP contribution in [0.2, 0.25) is 0 Å². The maximum absolute atomic E-state index is 13.8. The monoisotopic (exact) mass is 309 g/mol. The van der Waals surface area contributed by atoms with E-state index in [1.54, 1.807) is 4.90 Å². The first-order valence-corrected chi connectivity index (χ1v) is 7.45. The standard InChI is InChI=1S/C16H17F2NO3/c17-13-5-1-4-10(15(13)18)11-8-12(11)16(22)19-6-2-3-9(19)7-14(20)21/h1,4-5,9,11-12H,2-3,6-8H2,(H,20,21). The molecule has 1 saturated carbocycles. The number of carboxylic acid groups (broad SMARTS) is 1. The molecule has 1 heterocycles. The van der Waals surface area contributed by atoms with Gasteiger partial charge in [0.2, 0.25) is 5.91 Å². The van der Waals surface area contributed by atoms with Gasteiger partial charge in [0, 0.05) is 18.5 Å². The van der Waals surface area contributed by atoms with Crippen LogP contribution in [0.25, 0.3) is 0 Å². The lowest BCUT2D eigenvalue weighted by Crippen LogP contribution is -2.38. The zero-order chi connectivity index (χ0) is 15.9. The number of carbonyl (C=O) groups excluding carboxylic acids is 1. The van der Waals surface area contributed by atoms with Crippen LogP contribution in [0, 0.1) is 17.6 Å². The van der Waals surface area contributed by atoms with Gasteiger partial charge in [-0.3, -0.25) is 9.59 Å². The molecule has 1 aromatic carbocycles. The maximum Gasteiger partial charge on any atom is 0.305 e. The van der Waals surface area contributed by atoms with Gasteiger partial charge in [-0.2, -0.15) is 0 Å². The quantitative estimate of drug-likeness (QED) is 0.930. The van der Waals surface area contributed by atoms with Crippen molar-refractivity contribution >= 4 is 11.9 Å². The summed E-state index contributed by atoms with van der Waals surface area (Å²) < 4.78 is 27.0. The Labute approximate surface area is 126 Å². The summed E-state index contributed by atoms with van der Waals surface area (Å²) in [6.07, 6.45) is 1.91. The molecule has 3 rings (SSSR count). The second kappa shape index (κ2) is 5.66. The Morgan fingerprint density at radius 3 is 2.82 bits per heavy atom. The fourth-order valence-electron chi connectivity index (χ4n) is 3.37. The molecule has 0 aromatic heterocycles. The van der Waals surface area contributed by atoms with Crippen molar-refractivity contribution in [3.05, 3.63) is 35.4 Å². The summed E-state index contributed by atoms with van der Waals surface area (Å²) in [6.45, 7) is 0.547. The van der Waals surface area contributed by atoms with Gasteiger partial charge >= 0.3 is 5.97 Å². The summed E-state index contributed by atoms with van der Waals surface area (Å²) in [6, 6.07) is 3.73. The highest BCUT2D eigenvalue weighted by Gasteiger charge is 2.48. The fraction of sp³-hybridized carbons (Fsp3) is 0.500. The van der Waals surface area contributed by atoms with Gasteiger partial charge in [-0.15, -0.1) is 0 Å². The Bertz CT molecular complexity index is 619. The molecule has 1 N–H and O–H groups in total. The van der Waals surface area contributed by atoms with Crippen LogP contribution in [-0.4, -0.2) is 34.5 Å². The number of likely N-dealkylation sites (tertiary alicyclic amines) is 1. The van der Waals surface area contributed by atoms with Crippen LogP contribution in [0.5, 0.6) is 0 Å². The molecule has 0 bridgehead atoms. The van der Waals surface area contributed by atoms with Crippen molar-refractivity contribution in [1.29, 1.82) is 0 Å². The third-order valence-corrected chi connectivity index (χ3v) is 4.56. The number of rotatable bonds is 4. The van der Waals surface area contributed by atoms with Gasteiger partial charge in [0.1, 0.15) is 0 Å². The first-order chi connectivity index (χ1) is 10.5.